The fraction of sp³-hybridized carbons (Fsp3) is 0.667. The summed E-state index contributed by atoms with van der Waals surface area (Å²) in [6.45, 7) is 8.49. The van der Waals surface area contributed by atoms with Crippen LogP contribution in [0.5, 0.6) is 0 Å². The van der Waals surface area contributed by atoms with Crippen molar-refractivity contribution in [3.8, 4) is 0 Å². The summed E-state index contributed by atoms with van der Waals surface area (Å²) in [5, 5.41) is 0. The number of allylic oxidation sites excluding steroid dienone is 6. The first-order chi connectivity index (χ1) is 14.3. The van der Waals surface area contributed by atoms with E-state index in [2.05, 4.69) is 18.7 Å². The van der Waals surface area contributed by atoms with E-state index in [0.29, 0.717) is 0 Å². The zero-order valence-corrected chi connectivity index (χ0v) is 19.1. The van der Waals surface area contributed by atoms with Gasteiger partial charge in [0, 0.05) is 12.2 Å². The van der Waals surface area contributed by atoms with Gasteiger partial charge in [-0.1, -0.05) is 102 Å². The molecule has 1 fully saturated rings. The third-order valence-corrected chi connectivity index (χ3v) is 5.76. The van der Waals surface area contributed by atoms with Crippen molar-refractivity contribution in [1.82, 2.24) is 0 Å². The lowest BCUT2D eigenvalue weighted by Crippen LogP contribution is -2.44. The Hall–Kier alpha value is -1.41. The van der Waals surface area contributed by atoms with Gasteiger partial charge in [0.2, 0.25) is 0 Å². The number of carbonyl (C=O) groups excluding carboxylic acids is 1. The number of Topliss-reactive ketones (excluding diaryl/α,β-unsaturated/α-hetero) is 1. The van der Waals surface area contributed by atoms with Crippen LogP contribution in [0.15, 0.2) is 48.6 Å². The lowest BCUT2D eigenvalue weighted by atomic mass is 9.79. The predicted octanol–water partition coefficient (Wildman–Crippen LogP) is 8.05. The van der Waals surface area contributed by atoms with E-state index in [1.165, 1.54) is 44.9 Å². The maximum absolute atomic E-state index is 13.2. The molecular formula is C27H44O2. The molecule has 0 atom stereocenters. The average Bonchev–Trinajstić information content (AvgIpc) is 3.06. The molecule has 0 N–H and O–H groups in total. The van der Waals surface area contributed by atoms with Gasteiger partial charge in [-0.25, -0.2) is 0 Å². The molecule has 164 valence electrons. The lowest BCUT2D eigenvalue weighted by Gasteiger charge is -2.36. The molecule has 0 aromatic carbocycles. The van der Waals surface area contributed by atoms with E-state index in [-0.39, 0.29) is 5.78 Å². The second-order valence-electron chi connectivity index (χ2n) is 7.97. The van der Waals surface area contributed by atoms with Gasteiger partial charge in [0.25, 0.3) is 0 Å². The van der Waals surface area contributed by atoms with Crippen molar-refractivity contribution in [2.24, 2.45) is 0 Å². The molecular weight excluding hydrogens is 356 g/mol. The van der Waals surface area contributed by atoms with Gasteiger partial charge in [-0.05, 0) is 38.5 Å². The fourth-order valence-corrected chi connectivity index (χ4v) is 4.11. The number of carbonyl (C=O) groups is 1. The minimum Gasteiger partial charge on any atom is -0.367 e. The molecule has 0 unspecified atom stereocenters. The first-order valence-electron chi connectivity index (χ1n) is 12.1. The van der Waals surface area contributed by atoms with E-state index < -0.39 is 5.60 Å². The van der Waals surface area contributed by atoms with Crippen LogP contribution in [0.25, 0.3) is 0 Å². The van der Waals surface area contributed by atoms with E-state index in [1.54, 1.807) is 0 Å². The fourth-order valence-electron chi connectivity index (χ4n) is 4.11. The smallest absolute Gasteiger partial charge is 0.194 e. The Morgan fingerprint density at radius 1 is 1.00 bits per heavy atom. The van der Waals surface area contributed by atoms with Crippen molar-refractivity contribution in [3.05, 3.63) is 48.6 Å². The highest BCUT2D eigenvalue weighted by atomic mass is 16.5. The Morgan fingerprint density at radius 2 is 1.66 bits per heavy atom. The molecule has 0 aromatic heterocycles. The number of ketones is 1. The van der Waals surface area contributed by atoms with Gasteiger partial charge in [0.05, 0.1) is 0 Å². The number of hydrogen-bond donors (Lipinski definition) is 0. The summed E-state index contributed by atoms with van der Waals surface area (Å²) < 4.78 is 6.33. The second kappa shape index (κ2) is 16.4. The quantitative estimate of drug-likeness (QED) is 0.231. The SMILES string of the molecule is C=CCCCCCCCCCOC1(C(=O)C2=CCC=CC=C2)CCCCC1.CC. The Morgan fingerprint density at radius 3 is 2.34 bits per heavy atom. The third kappa shape index (κ3) is 9.76. The normalized spacial score (nSPS) is 17.7. The molecule has 0 aliphatic heterocycles. The van der Waals surface area contributed by atoms with Crippen LogP contribution in [-0.4, -0.2) is 18.0 Å². The number of hydrogen-bond acceptors (Lipinski definition) is 2. The zero-order chi connectivity index (χ0) is 21.2. The molecule has 0 spiro atoms. The van der Waals surface area contributed by atoms with Crippen LogP contribution in [0.1, 0.15) is 104 Å². The van der Waals surface area contributed by atoms with Crippen LogP contribution in [0.3, 0.4) is 0 Å². The Balaban J connectivity index is 0.00000204. The molecule has 0 bridgehead atoms. The summed E-state index contributed by atoms with van der Waals surface area (Å²) in [5.74, 6) is 0.212. The molecule has 0 saturated heterocycles. The third-order valence-electron chi connectivity index (χ3n) is 5.76. The molecule has 0 aromatic rings. The predicted molar refractivity (Wildman–Crippen MR) is 126 cm³/mol. The average molecular weight is 401 g/mol. The number of unbranched alkanes of at least 4 members (excludes halogenated alkanes) is 7. The van der Waals surface area contributed by atoms with Gasteiger partial charge in [-0.2, -0.15) is 0 Å². The van der Waals surface area contributed by atoms with E-state index in [1.807, 2.05) is 38.2 Å². The van der Waals surface area contributed by atoms with Crippen LogP contribution in [-0.2, 0) is 9.53 Å². The number of rotatable bonds is 13. The molecule has 2 aliphatic carbocycles. The summed E-state index contributed by atoms with van der Waals surface area (Å²) in [4.78, 5) is 13.2. The molecule has 29 heavy (non-hydrogen) atoms. The van der Waals surface area contributed by atoms with Crippen molar-refractivity contribution in [1.29, 1.82) is 0 Å². The second-order valence-corrected chi connectivity index (χ2v) is 7.97. The first kappa shape index (κ1) is 25.6. The summed E-state index contributed by atoms with van der Waals surface area (Å²) in [6, 6.07) is 0. The van der Waals surface area contributed by atoms with Gasteiger partial charge in [-0.3, -0.25) is 4.79 Å². The van der Waals surface area contributed by atoms with E-state index in [9.17, 15) is 4.79 Å². The molecule has 2 nitrogen and oxygen atoms in total. The first-order valence-corrected chi connectivity index (χ1v) is 12.1. The van der Waals surface area contributed by atoms with Crippen molar-refractivity contribution < 1.29 is 9.53 Å². The van der Waals surface area contributed by atoms with E-state index >= 15 is 0 Å². The molecule has 0 amide bonds. The summed E-state index contributed by atoms with van der Waals surface area (Å²) in [7, 11) is 0. The monoisotopic (exact) mass is 400 g/mol. The lowest BCUT2D eigenvalue weighted by molar-refractivity contribution is -0.145. The summed E-state index contributed by atoms with van der Waals surface area (Å²) >= 11 is 0. The molecule has 0 heterocycles. The summed E-state index contributed by atoms with van der Waals surface area (Å²) in [6.07, 6.45) is 28.0. The van der Waals surface area contributed by atoms with Crippen LogP contribution in [0.2, 0.25) is 0 Å². The minimum absolute atomic E-state index is 0.212. The van der Waals surface area contributed by atoms with Gasteiger partial charge in [0.1, 0.15) is 5.60 Å². The largest absolute Gasteiger partial charge is 0.367 e. The maximum atomic E-state index is 13.2. The standard InChI is InChI=1S/C25H38O2.C2H6/c1-2-3-4-5-6-7-8-11-17-22-27-25(20-15-12-16-21-25)24(26)23-18-13-9-10-14-19-23;1-2/h2,9-10,13,18-19H,1,3-8,11-12,14-17,20-22H2;1-2H3. The van der Waals surface area contributed by atoms with Gasteiger partial charge < -0.3 is 4.74 Å². The Bertz CT molecular complexity index is 533. The van der Waals surface area contributed by atoms with Gasteiger partial charge in [-0.15, -0.1) is 6.58 Å². The van der Waals surface area contributed by atoms with Crippen molar-refractivity contribution in [3.63, 3.8) is 0 Å². The molecule has 1 saturated carbocycles. The number of ether oxygens (including phenoxy) is 1. The summed E-state index contributed by atoms with van der Waals surface area (Å²) in [5.41, 5.74) is 0.269. The zero-order valence-electron chi connectivity index (χ0n) is 19.1. The molecule has 2 aliphatic rings. The Kier molecular flexibility index (Phi) is 14.5. The highest BCUT2D eigenvalue weighted by molar-refractivity contribution is 6.04. The van der Waals surface area contributed by atoms with Crippen molar-refractivity contribution >= 4 is 5.78 Å². The molecule has 2 heteroatoms. The van der Waals surface area contributed by atoms with Crippen LogP contribution in [0, 0.1) is 0 Å². The molecule has 0 radical (unpaired) electrons. The van der Waals surface area contributed by atoms with Crippen LogP contribution in [0.4, 0.5) is 0 Å². The van der Waals surface area contributed by atoms with E-state index in [4.69, 9.17) is 4.74 Å². The van der Waals surface area contributed by atoms with Crippen LogP contribution >= 0.6 is 0 Å². The van der Waals surface area contributed by atoms with Gasteiger partial charge >= 0.3 is 0 Å². The highest BCUT2D eigenvalue weighted by Gasteiger charge is 2.41. The van der Waals surface area contributed by atoms with Crippen LogP contribution < -0.4 is 0 Å². The molecule has 2 rings (SSSR count). The maximum Gasteiger partial charge on any atom is 0.194 e. The minimum atomic E-state index is -0.566. The highest BCUT2D eigenvalue weighted by Crippen LogP contribution is 2.35. The van der Waals surface area contributed by atoms with Crippen molar-refractivity contribution in [2.75, 3.05) is 6.61 Å². The van der Waals surface area contributed by atoms with E-state index in [0.717, 1.165) is 57.1 Å². The Labute approximate surface area is 180 Å². The topological polar surface area (TPSA) is 26.3 Å². The van der Waals surface area contributed by atoms with Crippen molar-refractivity contribution in [2.45, 2.75) is 109 Å². The van der Waals surface area contributed by atoms with Gasteiger partial charge in [0.15, 0.2) is 5.78 Å².